The molecule has 0 amide bonds. The van der Waals surface area contributed by atoms with Gasteiger partial charge in [-0.3, -0.25) is 0 Å². The maximum atomic E-state index is 9.95. The Bertz CT molecular complexity index is 302. The summed E-state index contributed by atoms with van der Waals surface area (Å²) in [6, 6.07) is 4.09. The summed E-state index contributed by atoms with van der Waals surface area (Å²) in [5, 5.41) is 9.95. The molecule has 1 aliphatic heterocycles. The Morgan fingerprint density at radius 2 is 2.47 bits per heavy atom. The molecule has 1 aliphatic rings. The largest absolute Gasteiger partial charge is 0.388 e. The highest BCUT2D eigenvalue weighted by atomic mass is 32.1. The number of rotatable bonds is 4. The first-order valence-corrected chi connectivity index (χ1v) is 6.43. The Labute approximate surface area is 94.9 Å². The van der Waals surface area contributed by atoms with Gasteiger partial charge in [-0.25, -0.2) is 0 Å². The van der Waals surface area contributed by atoms with E-state index in [2.05, 4.69) is 13.0 Å². The van der Waals surface area contributed by atoms with Crippen molar-refractivity contribution < 1.29 is 9.84 Å². The summed E-state index contributed by atoms with van der Waals surface area (Å²) in [4.78, 5) is 2.35. The Balaban J connectivity index is 1.79. The summed E-state index contributed by atoms with van der Waals surface area (Å²) in [6.07, 6.45) is 4.24. The van der Waals surface area contributed by atoms with Crippen molar-refractivity contribution in [3.8, 4) is 0 Å². The van der Waals surface area contributed by atoms with Gasteiger partial charge in [-0.05, 0) is 44.7 Å². The third kappa shape index (κ3) is 3.03. The van der Waals surface area contributed by atoms with Crippen LogP contribution in [-0.4, -0.2) is 17.8 Å². The van der Waals surface area contributed by atoms with E-state index in [0.717, 1.165) is 30.7 Å². The van der Waals surface area contributed by atoms with Gasteiger partial charge in [-0.15, -0.1) is 11.3 Å². The van der Waals surface area contributed by atoms with Gasteiger partial charge in [0.25, 0.3) is 0 Å². The number of hydrogen-bond acceptors (Lipinski definition) is 3. The summed E-state index contributed by atoms with van der Waals surface area (Å²) in [6.45, 7) is 2.97. The molecule has 2 heterocycles. The molecule has 2 rings (SSSR count). The quantitative estimate of drug-likeness (QED) is 0.855. The second-order valence-corrected chi connectivity index (χ2v) is 5.50. The first-order valence-electron chi connectivity index (χ1n) is 5.61. The van der Waals surface area contributed by atoms with Gasteiger partial charge in [-0.1, -0.05) is 0 Å². The molecule has 2 unspecified atom stereocenters. The molecule has 0 aliphatic carbocycles. The molecule has 0 saturated carbocycles. The molecule has 1 N–H and O–H groups in total. The van der Waals surface area contributed by atoms with Gasteiger partial charge >= 0.3 is 0 Å². The van der Waals surface area contributed by atoms with E-state index in [1.54, 1.807) is 11.3 Å². The minimum atomic E-state index is -0.298. The Kier molecular flexibility index (Phi) is 3.78. The lowest BCUT2D eigenvalue weighted by molar-refractivity contribution is 0.0820. The maximum Gasteiger partial charge on any atom is 0.0883 e. The summed E-state index contributed by atoms with van der Waals surface area (Å²) in [5.74, 6) is 0. The van der Waals surface area contributed by atoms with Crippen LogP contribution in [-0.2, 0) is 4.74 Å². The van der Waals surface area contributed by atoms with Gasteiger partial charge in [0, 0.05) is 16.4 Å². The van der Waals surface area contributed by atoms with Crippen molar-refractivity contribution in [3.05, 3.63) is 21.9 Å². The molecule has 1 aromatic heterocycles. The number of aryl methyl sites for hydroxylation is 1. The molecular weight excluding hydrogens is 208 g/mol. The number of aliphatic hydroxyl groups excluding tert-OH is 1. The van der Waals surface area contributed by atoms with Gasteiger partial charge in [0.15, 0.2) is 0 Å². The zero-order valence-electron chi connectivity index (χ0n) is 9.11. The van der Waals surface area contributed by atoms with Crippen LogP contribution in [0.2, 0.25) is 0 Å². The van der Waals surface area contributed by atoms with E-state index in [0.29, 0.717) is 6.10 Å². The molecule has 0 bridgehead atoms. The third-order valence-electron chi connectivity index (χ3n) is 2.88. The Morgan fingerprint density at radius 3 is 3.07 bits per heavy atom. The van der Waals surface area contributed by atoms with Gasteiger partial charge < -0.3 is 9.84 Å². The molecule has 2 nitrogen and oxygen atoms in total. The lowest BCUT2D eigenvalue weighted by atomic mass is 10.1. The zero-order valence-corrected chi connectivity index (χ0v) is 9.93. The molecule has 1 aromatic rings. The zero-order chi connectivity index (χ0) is 10.7. The van der Waals surface area contributed by atoms with Crippen LogP contribution < -0.4 is 0 Å². The summed E-state index contributed by atoms with van der Waals surface area (Å²) < 4.78 is 5.54. The fourth-order valence-electron chi connectivity index (χ4n) is 1.99. The van der Waals surface area contributed by atoms with Crippen LogP contribution in [0.3, 0.4) is 0 Å². The van der Waals surface area contributed by atoms with E-state index in [1.807, 2.05) is 6.07 Å². The van der Waals surface area contributed by atoms with Crippen LogP contribution in [0.4, 0.5) is 0 Å². The van der Waals surface area contributed by atoms with E-state index in [-0.39, 0.29) is 6.10 Å². The second kappa shape index (κ2) is 5.10. The van der Waals surface area contributed by atoms with Gasteiger partial charge in [0.2, 0.25) is 0 Å². The molecule has 15 heavy (non-hydrogen) atoms. The molecule has 2 atom stereocenters. The predicted molar refractivity (Wildman–Crippen MR) is 62.2 cm³/mol. The fourth-order valence-corrected chi connectivity index (χ4v) is 2.89. The normalized spacial score (nSPS) is 23.2. The number of aliphatic hydroxyl groups is 1. The minimum Gasteiger partial charge on any atom is -0.388 e. The SMILES string of the molecule is Cc1ccc(C(O)CCC2CCCO2)s1. The second-order valence-electron chi connectivity index (χ2n) is 4.18. The Morgan fingerprint density at radius 1 is 1.60 bits per heavy atom. The van der Waals surface area contributed by atoms with Crippen molar-refractivity contribution in [2.75, 3.05) is 6.61 Å². The first kappa shape index (κ1) is 11.1. The standard InChI is InChI=1S/C12H18O2S/c1-9-4-7-12(15-9)11(13)6-5-10-3-2-8-14-10/h4,7,10-11,13H,2-3,5-6,8H2,1H3. The molecule has 0 aromatic carbocycles. The van der Waals surface area contributed by atoms with E-state index in [9.17, 15) is 5.11 Å². The van der Waals surface area contributed by atoms with Crippen molar-refractivity contribution in [1.29, 1.82) is 0 Å². The molecule has 1 saturated heterocycles. The molecular formula is C12H18O2S. The average Bonchev–Trinajstić information content (AvgIpc) is 2.84. The number of hydrogen-bond donors (Lipinski definition) is 1. The van der Waals surface area contributed by atoms with Gasteiger partial charge in [-0.2, -0.15) is 0 Å². The number of thiophene rings is 1. The third-order valence-corrected chi connectivity index (χ3v) is 3.98. The van der Waals surface area contributed by atoms with Crippen molar-refractivity contribution in [2.24, 2.45) is 0 Å². The predicted octanol–water partition coefficient (Wildman–Crippen LogP) is 3.05. The maximum absolute atomic E-state index is 9.95. The highest BCUT2D eigenvalue weighted by Gasteiger charge is 2.18. The van der Waals surface area contributed by atoms with Crippen LogP contribution in [0.15, 0.2) is 12.1 Å². The van der Waals surface area contributed by atoms with E-state index < -0.39 is 0 Å². The Hall–Kier alpha value is -0.380. The van der Waals surface area contributed by atoms with Crippen molar-refractivity contribution >= 4 is 11.3 Å². The van der Waals surface area contributed by atoms with Crippen LogP contribution in [0.5, 0.6) is 0 Å². The van der Waals surface area contributed by atoms with E-state index >= 15 is 0 Å². The van der Waals surface area contributed by atoms with Crippen LogP contribution in [0.25, 0.3) is 0 Å². The molecule has 1 fully saturated rings. The summed E-state index contributed by atoms with van der Waals surface area (Å²) in [5.41, 5.74) is 0. The lowest BCUT2D eigenvalue weighted by Crippen LogP contribution is -2.07. The van der Waals surface area contributed by atoms with Crippen LogP contribution >= 0.6 is 11.3 Å². The van der Waals surface area contributed by atoms with Gasteiger partial charge in [0.05, 0.1) is 12.2 Å². The van der Waals surface area contributed by atoms with E-state index in [1.165, 1.54) is 11.3 Å². The molecule has 3 heteroatoms. The number of ether oxygens (including phenoxy) is 1. The average molecular weight is 226 g/mol. The molecule has 84 valence electrons. The van der Waals surface area contributed by atoms with Crippen molar-refractivity contribution in [1.82, 2.24) is 0 Å². The minimum absolute atomic E-state index is 0.298. The highest BCUT2D eigenvalue weighted by molar-refractivity contribution is 7.11. The van der Waals surface area contributed by atoms with E-state index in [4.69, 9.17) is 4.74 Å². The first-order chi connectivity index (χ1) is 7.25. The highest BCUT2D eigenvalue weighted by Crippen LogP contribution is 2.28. The smallest absolute Gasteiger partial charge is 0.0883 e. The van der Waals surface area contributed by atoms with Crippen LogP contribution in [0.1, 0.15) is 41.5 Å². The van der Waals surface area contributed by atoms with Crippen LogP contribution in [0, 0.1) is 6.92 Å². The summed E-state index contributed by atoms with van der Waals surface area (Å²) in [7, 11) is 0. The van der Waals surface area contributed by atoms with Crippen molar-refractivity contribution in [3.63, 3.8) is 0 Å². The summed E-state index contributed by atoms with van der Waals surface area (Å²) >= 11 is 1.69. The monoisotopic (exact) mass is 226 g/mol. The van der Waals surface area contributed by atoms with Gasteiger partial charge in [0.1, 0.15) is 0 Å². The topological polar surface area (TPSA) is 29.5 Å². The van der Waals surface area contributed by atoms with Crippen molar-refractivity contribution in [2.45, 2.75) is 44.8 Å². The molecule has 0 radical (unpaired) electrons. The molecule has 0 spiro atoms. The lowest BCUT2D eigenvalue weighted by Gasteiger charge is -2.12. The fraction of sp³-hybridized carbons (Fsp3) is 0.667.